The lowest BCUT2D eigenvalue weighted by Gasteiger charge is -2.31. The van der Waals surface area contributed by atoms with E-state index in [4.69, 9.17) is 9.47 Å². The van der Waals surface area contributed by atoms with Crippen LogP contribution in [0.25, 0.3) is 0 Å². The van der Waals surface area contributed by atoms with Crippen LogP contribution < -0.4 is 14.8 Å². The van der Waals surface area contributed by atoms with Crippen LogP contribution in [0.3, 0.4) is 0 Å². The fourth-order valence-electron chi connectivity index (χ4n) is 2.55. The number of hydrogen-bond acceptors (Lipinski definition) is 3. The van der Waals surface area contributed by atoms with Gasteiger partial charge in [0.15, 0.2) is 0 Å². The Morgan fingerprint density at radius 2 is 2.06 bits per heavy atom. The molecule has 3 nitrogen and oxygen atoms in total. The Labute approximate surface area is 103 Å². The van der Waals surface area contributed by atoms with Crippen LogP contribution >= 0.6 is 0 Å². The van der Waals surface area contributed by atoms with Crippen LogP contribution in [0.5, 0.6) is 11.5 Å². The van der Waals surface area contributed by atoms with Gasteiger partial charge in [0, 0.05) is 11.6 Å². The van der Waals surface area contributed by atoms with Gasteiger partial charge in [-0.2, -0.15) is 0 Å². The van der Waals surface area contributed by atoms with E-state index in [1.54, 1.807) is 14.2 Å². The first kappa shape index (κ1) is 12.2. The van der Waals surface area contributed by atoms with E-state index in [0.29, 0.717) is 12.0 Å². The van der Waals surface area contributed by atoms with E-state index in [9.17, 15) is 0 Å². The fraction of sp³-hybridized carbons (Fsp3) is 0.571. The van der Waals surface area contributed by atoms with Crippen molar-refractivity contribution >= 4 is 0 Å². The molecule has 1 aliphatic heterocycles. The summed E-state index contributed by atoms with van der Waals surface area (Å²) in [7, 11) is 3.42. The largest absolute Gasteiger partial charge is 0.497 e. The predicted octanol–water partition coefficient (Wildman–Crippen LogP) is 2.76. The van der Waals surface area contributed by atoms with Crippen LogP contribution in [0.1, 0.15) is 31.4 Å². The quantitative estimate of drug-likeness (QED) is 0.874. The smallest absolute Gasteiger partial charge is 0.123 e. The van der Waals surface area contributed by atoms with Gasteiger partial charge in [-0.1, -0.05) is 6.92 Å². The van der Waals surface area contributed by atoms with E-state index >= 15 is 0 Å². The Balaban J connectivity index is 2.33. The van der Waals surface area contributed by atoms with Gasteiger partial charge in [0.05, 0.1) is 14.2 Å². The van der Waals surface area contributed by atoms with E-state index in [0.717, 1.165) is 18.0 Å². The molecule has 2 atom stereocenters. The topological polar surface area (TPSA) is 30.5 Å². The van der Waals surface area contributed by atoms with Crippen LogP contribution in [0.15, 0.2) is 18.2 Å². The highest BCUT2D eigenvalue weighted by Crippen LogP contribution is 2.36. The minimum Gasteiger partial charge on any atom is -0.497 e. The molecule has 94 valence electrons. The van der Waals surface area contributed by atoms with Gasteiger partial charge in [-0.25, -0.2) is 0 Å². The molecule has 0 aromatic heterocycles. The number of methoxy groups -OCH3 is 2. The first-order valence-electron chi connectivity index (χ1n) is 6.21. The summed E-state index contributed by atoms with van der Waals surface area (Å²) in [6, 6.07) is 6.37. The van der Waals surface area contributed by atoms with Gasteiger partial charge in [-0.3, -0.25) is 0 Å². The molecule has 1 aliphatic rings. The van der Waals surface area contributed by atoms with E-state index in [2.05, 4.69) is 18.3 Å². The summed E-state index contributed by atoms with van der Waals surface area (Å²) in [5.41, 5.74) is 1.21. The normalized spacial score (nSPS) is 24.4. The SMILES string of the molecule is COc1ccc(OC)c(C2NCCCC2C)c1. The lowest BCUT2D eigenvalue weighted by atomic mass is 9.87. The molecule has 0 bridgehead atoms. The summed E-state index contributed by atoms with van der Waals surface area (Å²) in [5.74, 6) is 2.46. The first-order chi connectivity index (χ1) is 8.26. The van der Waals surface area contributed by atoms with Crippen LogP contribution in [-0.4, -0.2) is 20.8 Å². The lowest BCUT2D eigenvalue weighted by Crippen LogP contribution is -2.33. The monoisotopic (exact) mass is 235 g/mol. The lowest BCUT2D eigenvalue weighted by molar-refractivity contribution is 0.294. The standard InChI is InChI=1S/C14H21NO2/c1-10-5-4-8-15-14(10)12-9-11(16-2)6-7-13(12)17-3/h6-7,9-10,14-15H,4-5,8H2,1-3H3. The minimum atomic E-state index is 0.369. The Morgan fingerprint density at radius 1 is 1.24 bits per heavy atom. The number of rotatable bonds is 3. The zero-order valence-corrected chi connectivity index (χ0v) is 10.8. The summed E-state index contributed by atoms with van der Waals surface area (Å²) in [4.78, 5) is 0. The van der Waals surface area contributed by atoms with Crippen molar-refractivity contribution in [3.05, 3.63) is 23.8 Å². The van der Waals surface area contributed by atoms with Crippen molar-refractivity contribution in [2.75, 3.05) is 20.8 Å². The van der Waals surface area contributed by atoms with Gasteiger partial charge >= 0.3 is 0 Å². The maximum Gasteiger partial charge on any atom is 0.123 e. The molecule has 1 fully saturated rings. The Morgan fingerprint density at radius 3 is 2.71 bits per heavy atom. The third-order valence-corrected chi connectivity index (χ3v) is 3.54. The molecule has 1 heterocycles. The van der Waals surface area contributed by atoms with E-state index < -0.39 is 0 Å². The minimum absolute atomic E-state index is 0.369. The summed E-state index contributed by atoms with van der Waals surface area (Å²) >= 11 is 0. The number of piperidine rings is 1. The zero-order valence-electron chi connectivity index (χ0n) is 10.8. The molecule has 0 amide bonds. The molecule has 0 aliphatic carbocycles. The Hall–Kier alpha value is -1.22. The van der Waals surface area contributed by atoms with Crippen molar-refractivity contribution in [2.45, 2.75) is 25.8 Å². The maximum atomic E-state index is 5.45. The van der Waals surface area contributed by atoms with Gasteiger partial charge in [0.25, 0.3) is 0 Å². The Bertz CT molecular complexity index is 378. The van der Waals surface area contributed by atoms with Crippen LogP contribution in [0, 0.1) is 5.92 Å². The van der Waals surface area contributed by atoms with Crippen molar-refractivity contribution in [1.82, 2.24) is 5.32 Å². The van der Waals surface area contributed by atoms with Crippen molar-refractivity contribution in [1.29, 1.82) is 0 Å². The van der Waals surface area contributed by atoms with Gasteiger partial charge in [0.1, 0.15) is 11.5 Å². The van der Waals surface area contributed by atoms with Gasteiger partial charge in [-0.15, -0.1) is 0 Å². The van der Waals surface area contributed by atoms with Crippen molar-refractivity contribution < 1.29 is 9.47 Å². The van der Waals surface area contributed by atoms with E-state index in [1.165, 1.54) is 18.4 Å². The number of benzene rings is 1. The summed E-state index contributed by atoms with van der Waals surface area (Å²) in [5, 5.41) is 3.58. The average Bonchev–Trinajstić information content (AvgIpc) is 2.38. The molecular weight excluding hydrogens is 214 g/mol. The van der Waals surface area contributed by atoms with E-state index in [1.807, 2.05) is 12.1 Å². The number of nitrogens with one attached hydrogen (secondary N) is 1. The summed E-state index contributed by atoms with van der Waals surface area (Å²) in [6.07, 6.45) is 2.52. The molecule has 2 rings (SSSR count). The van der Waals surface area contributed by atoms with Crippen molar-refractivity contribution in [2.24, 2.45) is 5.92 Å². The van der Waals surface area contributed by atoms with Crippen molar-refractivity contribution in [3.8, 4) is 11.5 Å². The molecule has 17 heavy (non-hydrogen) atoms. The van der Waals surface area contributed by atoms with Crippen LogP contribution in [0.4, 0.5) is 0 Å². The highest BCUT2D eigenvalue weighted by Gasteiger charge is 2.25. The second-order valence-electron chi connectivity index (χ2n) is 4.66. The zero-order chi connectivity index (χ0) is 12.3. The Kier molecular flexibility index (Phi) is 3.89. The molecule has 0 saturated carbocycles. The predicted molar refractivity (Wildman–Crippen MR) is 68.7 cm³/mol. The fourth-order valence-corrected chi connectivity index (χ4v) is 2.55. The van der Waals surface area contributed by atoms with Crippen molar-refractivity contribution in [3.63, 3.8) is 0 Å². The molecule has 1 aromatic carbocycles. The average molecular weight is 235 g/mol. The number of ether oxygens (including phenoxy) is 2. The van der Waals surface area contributed by atoms with Crippen LogP contribution in [-0.2, 0) is 0 Å². The third-order valence-electron chi connectivity index (χ3n) is 3.54. The maximum absolute atomic E-state index is 5.45. The summed E-state index contributed by atoms with van der Waals surface area (Å²) in [6.45, 7) is 3.37. The van der Waals surface area contributed by atoms with Gasteiger partial charge in [0.2, 0.25) is 0 Å². The molecule has 0 radical (unpaired) electrons. The van der Waals surface area contributed by atoms with Gasteiger partial charge < -0.3 is 14.8 Å². The number of hydrogen-bond donors (Lipinski definition) is 1. The molecule has 3 heteroatoms. The molecule has 2 unspecified atom stereocenters. The highest BCUT2D eigenvalue weighted by atomic mass is 16.5. The van der Waals surface area contributed by atoms with E-state index in [-0.39, 0.29) is 0 Å². The molecule has 1 N–H and O–H groups in total. The summed E-state index contributed by atoms with van der Waals surface area (Å²) < 4.78 is 10.7. The first-order valence-corrected chi connectivity index (χ1v) is 6.21. The van der Waals surface area contributed by atoms with Crippen LogP contribution in [0.2, 0.25) is 0 Å². The molecule has 1 aromatic rings. The molecule has 1 saturated heterocycles. The molecular formula is C14H21NO2. The second-order valence-corrected chi connectivity index (χ2v) is 4.66. The second kappa shape index (κ2) is 5.41. The van der Waals surface area contributed by atoms with Gasteiger partial charge in [-0.05, 0) is 43.5 Å². The molecule has 0 spiro atoms. The highest BCUT2D eigenvalue weighted by molar-refractivity contribution is 5.42. The third kappa shape index (κ3) is 2.55.